The van der Waals surface area contributed by atoms with Gasteiger partial charge in [-0.15, -0.1) is 0 Å². The van der Waals surface area contributed by atoms with Crippen LogP contribution in [0.25, 0.3) is 0 Å². The average molecular weight is 273 g/mol. The highest BCUT2D eigenvalue weighted by molar-refractivity contribution is 9.10. The first-order valence-electron chi connectivity index (χ1n) is 4.85. The Labute approximate surface area is 96.6 Å². The van der Waals surface area contributed by atoms with Gasteiger partial charge in [0.25, 0.3) is 0 Å². The van der Waals surface area contributed by atoms with E-state index in [2.05, 4.69) is 21.4 Å². The van der Waals surface area contributed by atoms with Gasteiger partial charge in [-0.25, -0.2) is 5.43 Å². The molecule has 1 aromatic rings. The van der Waals surface area contributed by atoms with Crippen molar-refractivity contribution in [2.24, 2.45) is 5.84 Å². The first kappa shape index (κ1) is 10.7. The van der Waals surface area contributed by atoms with E-state index in [0.29, 0.717) is 4.67 Å². The molecule has 0 saturated carbocycles. The van der Waals surface area contributed by atoms with Crippen molar-refractivity contribution in [1.29, 1.82) is 0 Å². The molecule has 1 unspecified atom stereocenters. The van der Waals surface area contributed by atoms with Gasteiger partial charge < -0.3 is 9.15 Å². The number of hydrogen-bond donors (Lipinski definition) is 2. The maximum atomic E-state index is 5.54. The zero-order valence-corrected chi connectivity index (χ0v) is 9.79. The summed E-state index contributed by atoms with van der Waals surface area (Å²) in [7, 11) is 0. The molecule has 15 heavy (non-hydrogen) atoms. The summed E-state index contributed by atoms with van der Waals surface area (Å²) >= 11 is 3.26. The summed E-state index contributed by atoms with van der Waals surface area (Å²) in [6.45, 7) is 0.742. The molecule has 1 aromatic heterocycles. The molecule has 1 aliphatic heterocycles. The van der Waals surface area contributed by atoms with Gasteiger partial charge in [-0.05, 0) is 47.0 Å². The molecule has 0 bridgehead atoms. The highest BCUT2D eigenvalue weighted by atomic mass is 79.9. The quantitative estimate of drug-likeness (QED) is 0.655. The minimum Gasteiger partial charge on any atom is -0.496 e. The summed E-state index contributed by atoms with van der Waals surface area (Å²) in [4.78, 5) is 0. The molecule has 0 saturated heterocycles. The van der Waals surface area contributed by atoms with Crippen LogP contribution in [0.1, 0.15) is 24.6 Å². The topological polar surface area (TPSA) is 60.4 Å². The Morgan fingerprint density at radius 1 is 1.47 bits per heavy atom. The number of nitrogens with two attached hydrogens (primary N) is 1. The first-order valence-corrected chi connectivity index (χ1v) is 5.65. The summed E-state index contributed by atoms with van der Waals surface area (Å²) in [5.41, 5.74) is 2.69. The van der Waals surface area contributed by atoms with E-state index in [0.717, 1.165) is 31.0 Å². The average Bonchev–Trinajstić information content (AvgIpc) is 2.68. The number of ether oxygens (including phenoxy) is 1. The molecule has 4 nitrogen and oxygen atoms in total. The van der Waals surface area contributed by atoms with E-state index < -0.39 is 0 Å². The zero-order chi connectivity index (χ0) is 10.7. The van der Waals surface area contributed by atoms with Gasteiger partial charge in [-0.2, -0.15) is 0 Å². The fraction of sp³-hybridized carbons (Fsp3) is 0.400. The third kappa shape index (κ3) is 2.42. The van der Waals surface area contributed by atoms with Gasteiger partial charge in [0.05, 0.1) is 6.61 Å². The lowest BCUT2D eigenvalue weighted by molar-refractivity contribution is 0.161. The second-order valence-corrected chi connectivity index (χ2v) is 4.12. The number of allylic oxidation sites excluding steroid dienone is 1. The molecular weight excluding hydrogens is 260 g/mol. The van der Waals surface area contributed by atoms with Crippen molar-refractivity contribution in [1.82, 2.24) is 5.43 Å². The summed E-state index contributed by atoms with van der Waals surface area (Å²) < 4.78 is 11.7. The van der Waals surface area contributed by atoms with E-state index in [1.807, 2.05) is 18.2 Å². The van der Waals surface area contributed by atoms with Crippen LogP contribution in [0.15, 0.2) is 33.1 Å². The molecule has 82 valence electrons. The van der Waals surface area contributed by atoms with E-state index in [9.17, 15) is 0 Å². The second kappa shape index (κ2) is 4.83. The summed E-state index contributed by atoms with van der Waals surface area (Å²) in [6, 6.07) is 3.51. The van der Waals surface area contributed by atoms with Crippen LogP contribution in [0.3, 0.4) is 0 Å². The smallest absolute Gasteiger partial charge is 0.169 e. The van der Waals surface area contributed by atoms with Crippen molar-refractivity contribution in [3.63, 3.8) is 0 Å². The molecule has 0 radical (unpaired) electrons. The van der Waals surface area contributed by atoms with E-state index in [1.165, 1.54) is 0 Å². The van der Waals surface area contributed by atoms with Gasteiger partial charge in [-0.1, -0.05) is 0 Å². The number of nitrogens with one attached hydrogen (secondary N) is 1. The molecule has 0 aliphatic carbocycles. The van der Waals surface area contributed by atoms with Gasteiger partial charge in [0.15, 0.2) is 4.67 Å². The third-order valence-corrected chi connectivity index (χ3v) is 2.72. The number of hydrazine groups is 1. The minimum absolute atomic E-state index is 0.198. The maximum absolute atomic E-state index is 5.54. The van der Waals surface area contributed by atoms with Crippen LogP contribution in [-0.2, 0) is 4.74 Å². The Hall–Kier alpha value is -0.780. The number of rotatable bonds is 3. The van der Waals surface area contributed by atoms with Crippen molar-refractivity contribution in [3.05, 3.63) is 34.4 Å². The Balaban J connectivity index is 2.19. The van der Waals surface area contributed by atoms with Gasteiger partial charge in [0, 0.05) is 0 Å². The van der Waals surface area contributed by atoms with Gasteiger partial charge >= 0.3 is 0 Å². The van der Waals surface area contributed by atoms with Crippen molar-refractivity contribution < 1.29 is 9.15 Å². The predicted molar refractivity (Wildman–Crippen MR) is 59.7 cm³/mol. The van der Waals surface area contributed by atoms with Crippen molar-refractivity contribution in [2.75, 3.05) is 6.61 Å². The Morgan fingerprint density at radius 3 is 2.87 bits per heavy atom. The van der Waals surface area contributed by atoms with Crippen molar-refractivity contribution in [2.45, 2.75) is 18.9 Å². The molecule has 0 aromatic carbocycles. The number of furan rings is 1. The van der Waals surface area contributed by atoms with Crippen molar-refractivity contribution >= 4 is 15.9 Å². The summed E-state index contributed by atoms with van der Waals surface area (Å²) in [6.07, 6.45) is 4.13. The van der Waals surface area contributed by atoms with Crippen LogP contribution in [0.4, 0.5) is 0 Å². The second-order valence-electron chi connectivity index (χ2n) is 3.34. The van der Waals surface area contributed by atoms with Crippen LogP contribution >= 0.6 is 15.9 Å². The minimum atomic E-state index is -0.198. The fourth-order valence-electron chi connectivity index (χ4n) is 1.57. The molecule has 2 rings (SSSR count). The van der Waals surface area contributed by atoms with Crippen LogP contribution in [-0.4, -0.2) is 6.61 Å². The predicted octanol–water partition coefficient (Wildman–Crippen LogP) is 2.24. The first-order chi connectivity index (χ1) is 7.31. The molecule has 3 N–H and O–H groups in total. The maximum Gasteiger partial charge on any atom is 0.169 e. The largest absolute Gasteiger partial charge is 0.496 e. The Kier molecular flexibility index (Phi) is 3.45. The molecule has 1 aliphatic rings. The highest BCUT2D eigenvalue weighted by Crippen LogP contribution is 2.28. The fourth-order valence-corrected chi connectivity index (χ4v) is 1.88. The molecule has 0 fully saturated rings. The van der Waals surface area contributed by atoms with E-state index in [-0.39, 0.29) is 6.04 Å². The standard InChI is InChI=1S/C10H13BrN2O2/c11-9-5-4-8(15-9)10(13-12)7-3-1-2-6-14-7/h3-5,10,13H,1-2,6,12H2. The molecule has 0 spiro atoms. The lowest BCUT2D eigenvalue weighted by atomic mass is 10.1. The molecule has 0 amide bonds. The molecule has 5 heteroatoms. The Bertz CT molecular complexity index is 362. The summed E-state index contributed by atoms with van der Waals surface area (Å²) in [5.74, 6) is 7.08. The monoisotopic (exact) mass is 272 g/mol. The highest BCUT2D eigenvalue weighted by Gasteiger charge is 2.21. The van der Waals surface area contributed by atoms with E-state index in [4.69, 9.17) is 15.0 Å². The zero-order valence-electron chi connectivity index (χ0n) is 8.20. The van der Waals surface area contributed by atoms with Gasteiger partial charge in [-0.3, -0.25) is 5.84 Å². The van der Waals surface area contributed by atoms with Gasteiger partial charge in [0.2, 0.25) is 0 Å². The van der Waals surface area contributed by atoms with E-state index in [1.54, 1.807) is 0 Å². The SMILES string of the molecule is NNC(C1=CCCCO1)c1ccc(Br)o1. The Morgan fingerprint density at radius 2 is 2.33 bits per heavy atom. The van der Waals surface area contributed by atoms with Crippen LogP contribution in [0.2, 0.25) is 0 Å². The molecule has 1 atom stereocenters. The number of halogens is 1. The van der Waals surface area contributed by atoms with Crippen molar-refractivity contribution in [3.8, 4) is 0 Å². The lowest BCUT2D eigenvalue weighted by Crippen LogP contribution is -2.30. The summed E-state index contributed by atoms with van der Waals surface area (Å²) in [5, 5.41) is 0. The van der Waals surface area contributed by atoms with Gasteiger partial charge in [0.1, 0.15) is 17.6 Å². The molecular formula is C10H13BrN2O2. The van der Waals surface area contributed by atoms with Crippen LogP contribution in [0.5, 0.6) is 0 Å². The van der Waals surface area contributed by atoms with Crippen LogP contribution < -0.4 is 11.3 Å². The van der Waals surface area contributed by atoms with Crippen LogP contribution in [0, 0.1) is 0 Å². The van der Waals surface area contributed by atoms with E-state index >= 15 is 0 Å². The third-order valence-electron chi connectivity index (χ3n) is 2.29. The lowest BCUT2D eigenvalue weighted by Gasteiger charge is -2.21. The normalized spacial score (nSPS) is 18.1. The molecule has 2 heterocycles. The number of hydrogen-bond acceptors (Lipinski definition) is 4.